The van der Waals surface area contributed by atoms with Gasteiger partial charge in [0.15, 0.2) is 0 Å². The van der Waals surface area contributed by atoms with Crippen molar-refractivity contribution in [2.24, 2.45) is 4.99 Å². The van der Waals surface area contributed by atoms with E-state index in [0.717, 1.165) is 53.7 Å². The summed E-state index contributed by atoms with van der Waals surface area (Å²) in [4.78, 5) is 18.6. The van der Waals surface area contributed by atoms with E-state index in [4.69, 9.17) is 16.6 Å². The van der Waals surface area contributed by atoms with Crippen molar-refractivity contribution in [1.29, 1.82) is 0 Å². The number of carboxylic acid groups (broad SMARTS) is 1. The Morgan fingerprint density at radius 1 is 1.00 bits per heavy atom. The molecule has 4 rings (SSSR count). The fraction of sp³-hybridized carbons (Fsp3) is 0.276. The second-order valence-corrected chi connectivity index (χ2v) is 8.60. The molecule has 0 fully saturated rings. The molecule has 8 heteroatoms. The number of thiocarbonyl (C=S) groups is 1. The van der Waals surface area contributed by atoms with Crippen LogP contribution in [0.4, 0.5) is 11.4 Å². The smallest absolute Gasteiger partial charge is 0.336 e. The van der Waals surface area contributed by atoms with Crippen molar-refractivity contribution in [3.63, 3.8) is 0 Å². The lowest BCUT2D eigenvalue weighted by atomic mass is 9.90. The van der Waals surface area contributed by atoms with Crippen LogP contribution in [0.2, 0.25) is 0 Å². The molecule has 0 radical (unpaired) electrons. The molecule has 0 bridgehead atoms. The third-order valence-corrected chi connectivity index (χ3v) is 6.72. The molecule has 192 valence electrons. The number of anilines is 1. The average molecular weight is 537 g/mol. The second kappa shape index (κ2) is 12.2. The molecule has 0 spiro atoms. The van der Waals surface area contributed by atoms with Crippen molar-refractivity contribution in [3.8, 4) is 22.5 Å². The van der Waals surface area contributed by atoms with Crippen LogP contribution in [0.3, 0.4) is 0 Å². The zero-order valence-corrected chi connectivity index (χ0v) is 23.1. The number of carboxylic acids is 1. The normalized spacial score (nSPS) is 10.6. The van der Waals surface area contributed by atoms with Gasteiger partial charge in [-0.05, 0) is 75.8 Å². The van der Waals surface area contributed by atoms with Crippen LogP contribution < -0.4 is 14.8 Å². The minimum absolute atomic E-state index is 0. The van der Waals surface area contributed by atoms with Crippen LogP contribution >= 0.6 is 24.6 Å². The Morgan fingerprint density at radius 2 is 1.70 bits per heavy atom. The van der Waals surface area contributed by atoms with Crippen molar-refractivity contribution in [2.75, 3.05) is 31.1 Å². The molecule has 1 aliphatic carbocycles. The minimum Gasteiger partial charge on any atom is -0.478 e. The Hall–Kier alpha value is -3.51. The SMILES string of the molecule is CCN(CC)c1ccc2c(-c3ccc(N=C=S)cc3C(=O)O)c3ccc(=[N+](CC)CC)cc-3oc2c1.Cl. The van der Waals surface area contributed by atoms with Crippen molar-refractivity contribution in [3.05, 3.63) is 65.5 Å². The highest BCUT2D eigenvalue weighted by Crippen LogP contribution is 2.42. The van der Waals surface area contributed by atoms with Gasteiger partial charge in [0.25, 0.3) is 0 Å². The van der Waals surface area contributed by atoms with Crippen molar-refractivity contribution >= 4 is 58.1 Å². The van der Waals surface area contributed by atoms with Gasteiger partial charge in [-0.3, -0.25) is 0 Å². The van der Waals surface area contributed by atoms with E-state index in [1.807, 2.05) is 24.3 Å². The number of benzene rings is 3. The number of hydrogen-bond donors (Lipinski definition) is 1. The van der Waals surface area contributed by atoms with Crippen LogP contribution in [0.25, 0.3) is 33.4 Å². The summed E-state index contributed by atoms with van der Waals surface area (Å²) in [6.45, 7) is 12.0. The van der Waals surface area contributed by atoms with Crippen LogP contribution in [-0.2, 0) is 0 Å². The molecule has 2 aromatic rings. The molecule has 0 saturated heterocycles. The molecule has 1 N–H and O–H groups in total. The quantitative estimate of drug-likeness (QED) is 0.117. The van der Waals surface area contributed by atoms with Crippen LogP contribution in [0, 0.1) is 0 Å². The first-order valence-electron chi connectivity index (χ1n) is 12.2. The maximum Gasteiger partial charge on any atom is 0.336 e. The topological polar surface area (TPSA) is 69.1 Å². The van der Waals surface area contributed by atoms with Crippen LogP contribution in [0.15, 0.2) is 64.0 Å². The highest BCUT2D eigenvalue weighted by atomic mass is 35.5. The van der Waals surface area contributed by atoms with Gasteiger partial charge in [0.1, 0.15) is 24.4 Å². The van der Waals surface area contributed by atoms with Crippen molar-refractivity contribution in [2.45, 2.75) is 27.7 Å². The predicted octanol–water partition coefficient (Wildman–Crippen LogP) is 6.72. The maximum absolute atomic E-state index is 12.3. The van der Waals surface area contributed by atoms with Gasteiger partial charge in [0.2, 0.25) is 5.36 Å². The highest BCUT2D eigenvalue weighted by molar-refractivity contribution is 7.78. The first-order valence-corrected chi connectivity index (χ1v) is 12.7. The molecule has 1 aliphatic heterocycles. The first kappa shape index (κ1) is 28.1. The molecule has 0 aromatic heterocycles. The Bertz CT molecular complexity index is 1530. The number of aliphatic imine (C=N–C) groups is 1. The lowest BCUT2D eigenvalue weighted by Gasteiger charge is -2.22. The van der Waals surface area contributed by atoms with E-state index in [-0.39, 0.29) is 18.0 Å². The predicted molar refractivity (Wildman–Crippen MR) is 157 cm³/mol. The van der Waals surface area contributed by atoms with Crippen molar-refractivity contribution < 1.29 is 14.3 Å². The summed E-state index contributed by atoms with van der Waals surface area (Å²) in [6.07, 6.45) is 0. The third-order valence-electron chi connectivity index (χ3n) is 6.62. The minimum atomic E-state index is -1.03. The number of rotatable bonds is 8. The Balaban J connectivity index is 0.00000380. The number of fused-ring (bicyclic) bond motifs is 2. The summed E-state index contributed by atoms with van der Waals surface area (Å²) in [5.74, 6) is -0.330. The van der Waals surface area contributed by atoms with Gasteiger partial charge in [-0.15, -0.1) is 12.4 Å². The zero-order chi connectivity index (χ0) is 25.8. The van der Waals surface area contributed by atoms with Crippen LogP contribution in [0.1, 0.15) is 38.1 Å². The fourth-order valence-corrected chi connectivity index (χ4v) is 4.88. The van der Waals surface area contributed by atoms with Gasteiger partial charge >= 0.3 is 5.97 Å². The van der Waals surface area contributed by atoms with Gasteiger partial charge in [-0.1, -0.05) is 6.07 Å². The molecule has 2 aromatic carbocycles. The van der Waals surface area contributed by atoms with Gasteiger partial charge in [0.05, 0.1) is 22.5 Å². The highest BCUT2D eigenvalue weighted by Gasteiger charge is 2.23. The molecular formula is C29H31ClN3O3S+. The molecule has 1 heterocycles. The van der Waals surface area contributed by atoms with Gasteiger partial charge in [-0.25, -0.2) is 9.37 Å². The number of halogens is 1. The van der Waals surface area contributed by atoms with E-state index in [1.54, 1.807) is 12.1 Å². The lowest BCUT2D eigenvalue weighted by Crippen LogP contribution is -2.29. The summed E-state index contributed by atoms with van der Waals surface area (Å²) in [5.41, 5.74) is 4.63. The van der Waals surface area contributed by atoms with E-state index in [0.29, 0.717) is 22.6 Å². The summed E-state index contributed by atoms with van der Waals surface area (Å²) in [7, 11) is 0. The number of aromatic carboxylic acids is 1. The Kier molecular flexibility index (Phi) is 9.22. The number of isothiocyanates is 1. The average Bonchev–Trinajstić information content (AvgIpc) is 2.89. The molecule has 37 heavy (non-hydrogen) atoms. The summed E-state index contributed by atoms with van der Waals surface area (Å²) >= 11 is 4.72. The molecule has 0 unspecified atom stereocenters. The van der Waals surface area contributed by atoms with Crippen LogP contribution in [0.5, 0.6) is 0 Å². The second-order valence-electron chi connectivity index (χ2n) is 8.42. The van der Waals surface area contributed by atoms with Gasteiger partial charge in [-0.2, -0.15) is 4.99 Å². The molecule has 0 atom stereocenters. The van der Waals surface area contributed by atoms with E-state index < -0.39 is 5.97 Å². The van der Waals surface area contributed by atoms with Gasteiger partial charge < -0.3 is 14.4 Å². The first-order chi connectivity index (χ1) is 17.4. The van der Waals surface area contributed by atoms with E-state index >= 15 is 0 Å². The largest absolute Gasteiger partial charge is 0.478 e. The van der Waals surface area contributed by atoms with Crippen molar-refractivity contribution in [1.82, 2.24) is 4.58 Å². The zero-order valence-electron chi connectivity index (χ0n) is 21.4. The number of nitrogens with zero attached hydrogens (tertiary/aromatic N) is 3. The van der Waals surface area contributed by atoms with Crippen LogP contribution in [-0.4, -0.2) is 42.4 Å². The Labute approximate surface area is 228 Å². The third kappa shape index (κ3) is 5.44. The molecule has 0 saturated carbocycles. The van der Waals surface area contributed by atoms with E-state index in [9.17, 15) is 9.90 Å². The molecule has 0 amide bonds. The lowest BCUT2D eigenvalue weighted by molar-refractivity contribution is 0.0697. The molecular weight excluding hydrogens is 506 g/mol. The summed E-state index contributed by atoms with van der Waals surface area (Å²) in [6, 6.07) is 17.3. The monoisotopic (exact) mass is 536 g/mol. The maximum atomic E-state index is 12.3. The Morgan fingerprint density at radius 3 is 2.32 bits per heavy atom. The molecule has 6 nitrogen and oxygen atoms in total. The number of carbonyl (C=O) groups is 1. The van der Waals surface area contributed by atoms with E-state index in [2.05, 4.69) is 59.5 Å². The summed E-state index contributed by atoms with van der Waals surface area (Å²) < 4.78 is 8.74. The fourth-order valence-electron chi connectivity index (χ4n) is 4.78. The standard InChI is InChI=1S/C29H29N3O3S.ClH/c1-5-31(6-2)20-10-13-23-26(16-20)35-27-17-21(32(7-3)8-4)11-14-24(27)28(23)22-12-9-19(30-18-36)15-25(22)29(33)34;/h9-17H,5-8H2,1-4H3;1H/p+1. The summed E-state index contributed by atoms with van der Waals surface area (Å²) in [5, 5.41) is 14.3. The number of hydrogen-bond acceptors (Lipinski definition) is 5. The van der Waals surface area contributed by atoms with Gasteiger partial charge in [0, 0.05) is 47.4 Å². The van der Waals surface area contributed by atoms with E-state index in [1.165, 1.54) is 6.07 Å². The molecule has 2 aliphatic rings.